The molecule has 1 saturated heterocycles. The molecular formula is C15H29NO. The molecule has 0 amide bonds. The second-order valence-electron chi connectivity index (χ2n) is 5.95. The molecular weight excluding hydrogens is 210 g/mol. The fourth-order valence-corrected chi connectivity index (χ4v) is 3.63. The highest BCUT2D eigenvalue weighted by Gasteiger charge is 2.28. The molecule has 0 aromatic rings. The van der Waals surface area contributed by atoms with E-state index >= 15 is 0 Å². The van der Waals surface area contributed by atoms with Crippen LogP contribution in [0, 0.1) is 11.8 Å². The third-order valence-corrected chi connectivity index (χ3v) is 4.74. The largest absolute Gasteiger partial charge is 0.383 e. The fraction of sp³-hybridized carbons (Fsp3) is 1.00. The van der Waals surface area contributed by atoms with E-state index in [9.17, 15) is 0 Å². The van der Waals surface area contributed by atoms with Crippen molar-refractivity contribution in [3.63, 3.8) is 0 Å². The zero-order valence-corrected chi connectivity index (χ0v) is 11.5. The van der Waals surface area contributed by atoms with E-state index in [1.807, 2.05) is 7.11 Å². The van der Waals surface area contributed by atoms with E-state index in [0.29, 0.717) is 0 Å². The second-order valence-corrected chi connectivity index (χ2v) is 5.95. The maximum Gasteiger partial charge on any atom is 0.0589 e. The molecule has 2 heteroatoms. The smallest absolute Gasteiger partial charge is 0.0589 e. The first-order valence-electron chi connectivity index (χ1n) is 7.61. The van der Waals surface area contributed by atoms with Gasteiger partial charge in [-0.2, -0.15) is 0 Å². The second kappa shape index (κ2) is 7.38. The van der Waals surface area contributed by atoms with Crippen LogP contribution >= 0.6 is 0 Å². The van der Waals surface area contributed by atoms with Gasteiger partial charge < -0.3 is 9.64 Å². The van der Waals surface area contributed by atoms with Gasteiger partial charge in [0, 0.05) is 20.2 Å². The van der Waals surface area contributed by atoms with Crippen LogP contribution in [0.4, 0.5) is 0 Å². The molecule has 1 heterocycles. The first-order chi connectivity index (χ1) is 8.40. The van der Waals surface area contributed by atoms with Crippen molar-refractivity contribution >= 4 is 0 Å². The first-order valence-corrected chi connectivity index (χ1v) is 7.61. The van der Waals surface area contributed by atoms with Crippen LogP contribution in [0.5, 0.6) is 0 Å². The van der Waals surface area contributed by atoms with Crippen molar-refractivity contribution in [2.75, 3.05) is 33.4 Å². The Bertz CT molecular complexity index is 199. The number of rotatable bonds is 4. The van der Waals surface area contributed by atoms with Gasteiger partial charge in [-0.25, -0.2) is 0 Å². The fourth-order valence-electron chi connectivity index (χ4n) is 3.63. The maximum atomic E-state index is 5.18. The average molecular weight is 239 g/mol. The summed E-state index contributed by atoms with van der Waals surface area (Å²) in [7, 11) is 1.81. The summed E-state index contributed by atoms with van der Waals surface area (Å²) in [6.07, 6.45) is 11.9. The molecule has 2 nitrogen and oxygen atoms in total. The van der Waals surface area contributed by atoms with E-state index in [-0.39, 0.29) is 0 Å². The number of ether oxygens (including phenoxy) is 1. The molecule has 1 aliphatic heterocycles. The van der Waals surface area contributed by atoms with E-state index in [1.54, 1.807) is 0 Å². The van der Waals surface area contributed by atoms with Crippen molar-refractivity contribution in [1.82, 2.24) is 4.90 Å². The molecule has 2 rings (SSSR count). The molecule has 1 atom stereocenters. The summed E-state index contributed by atoms with van der Waals surface area (Å²) in [5.41, 5.74) is 0. The molecule has 1 saturated carbocycles. The molecule has 2 fully saturated rings. The lowest BCUT2D eigenvalue weighted by Gasteiger charge is -2.26. The lowest BCUT2D eigenvalue weighted by atomic mass is 9.81. The van der Waals surface area contributed by atoms with Crippen molar-refractivity contribution in [3.05, 3.63) is 0 Å². The molecule has 0 radical (unpaired) electrons. The summed E-state index contributed by atoms with van der Waals surface area (Å²) in [6.45, 7) is 4.69. The Balaban J connectivity index is 1.73. The van der Waals surface area contributed by atoms with E-state index in [0.717, 1.165) is 25.0 Å². The average Bonchev–Trinajstić information content (AvgIpc) is 2.74. The summed E-state index contributed by atoms with van der Waals surface area (Å²) in [4.78, 5) is 2.60. The highest BCUT2D eigenvalue weighted by Crippen LogP contribution is 2.33. The zero-order valence-electron chi connectivity index (χ0n) is 11.5. The summed E-state index contributed by atoms with van der Waals surface area (Å²) >= 11 is 0. The Hall–Kier alpha value is -0.0800. The van der Waals surface area contributed by atoms with E-state index in [2.05, 4.69) is 4.90 Å². The van der Waals surface area contributed by atoms with Gasteiger partial charge in [0.15, 0.2) is 0 Å². The molecule has 0 aromatic carbocycles. The van der Waals surface area contributed by atoms with Gasteiger partial charge in [0.25, 0.3) is 0 Å². The van der Waals surface area contributed by atoms with Crippen LogP contribution in [0.3, 0.4) is 0 Å². The number of hydrogen-bond acceptors (Lipinski definition) is 2. The van der Waals surface area contributed by atoms with Crippen LogP contribution in [-0.4, -0.2) is 38.3 Å². The zero-order chi connectivity index (χ0) is 11.9. The van der Waals surface area contributed by atoms with Gasteiger partial charge in [0.2, 0.25) is 0 Å². The van der Waals surface area contributed by atoms with Crippen molar-refractivity contribution in [2.45, 2.75) is 51.4 Å². The summed E-state index contributed by atoms with van der Waals surface area (Å²) in [5.74, 6) is 2.02. The van der Waals surface area contributed by atoms with Gasteiger partial charge in [0.05, 0.1) is 6.61 Å². The molecule has 0 aromatic heterocycles. The van der Waals surface area contributed by atoms with Gasteiger partial charge >= 0.3 is 0 Å². The van der Waals surface area contributed by atoms with Crippen molar-refractivity contribution in [3.8, 4) is 0 Å². The van der Waals surface area contributed by atoms with Crippen LogP contribution in [0.25, 0.3) is 0 Å². The highest BCUT2D eigenvalue weighted by molar-refractivity contribution is 4.81. The lowest BCUT2D eigenvalue weighted by molar-refractivity contribution is 0.155. The molecule has 1 aliphatic carbocycles. The van der Waals surface area contributed by atoms with E-state index < -0.39 is 0 Å². The number of nitrogens with zero attached hydrogens (tertiary/aromatic N) is 1. The number of hydrogen-bond donors (Lipinski definition) is 0. The number of likely N-dealkylation sites (tertiary alicyclic amines) is 1. The Morgan fingerprint density at radius 1 is 0.941 bits per heavy atom. The molecule has 100 valence electrons. The Morgan fingerprint density at radius 2 is 1.65 bits per heavy atom. The standard InChI is InChI=1S/C15H29NO/c1-17-12-11-16-10-9-15(13-16)14-7-5-3-2-4-6-8-14/h14-15H,2-13H2,1H3. The predicted octanol–water partition coefficient (Wildman–Crippen LogP) is 3.32. The van der Waals surface area contributed by atoms with Gasteiger partial charge in [0.1, 0.15) is 0 Å². The number of methoxy groups -OCH3 is 1. The quantitative estimate of drug-likeness (QED) is 0.746. The highest BCUT2D eigenvalue weighted by atomic mass is 16.5. The Labute approximate surface area is 107 Å². The minimum atomic E-state index is 0.900. The lowest BCUT2D eigenvalue weighted by Crippen LogP contribution is -2.26. The van der Waals surface area contributed by atoms with Crippen LogP contribution in [0.15, 0.2) is 0 Å². The van der Waals surface area contributed by atoms with Gasteiger partial charge in [-0.3, -0.25) is 0 Å². The van der Waals surface area contributed by atoms with Crippen LogP contribution in [0.1, 0.15) is 51.4 Å². The summed E-state index contributed by atoms with van der Waals surface area (Å²) in [6, 6.07) is 0. The minimum absolute atomic E-state index is 0.900. The van der Waals surface area contributed by atoms with Crippen LogP contribution in [-0.2, 0) is 4.74 Å². The third kappa shape index (κ3) is 4.26. The van der Waals surface area contributed by atoms with Crippen LogP contribution in [0.2, 0.25) is 0 Å². The van der Waals surface area contributed by atoms with E-state index in [4.69, 9.17) is 4.74 Å². The summed E-state index contributed by atoms with van der Waals surface area (Å²) < 4.78 is 5.18. The normalized spacial score (nSPS) is 29.1. The van der Waals surface area contributed by atoms with Gasteiger partial charge in [-0.1, -0.05) is 44.9 Å². The molecule has 2 aliphatic rings. The van der Waals surface area contributed by atoms with Crippen molar-refractivity contribution < 1.29 is 4.74 Å². The van der Waals surface area contributed by atoms with E-state index in [1.165, 1.54) is 64.5 Å². The van der Waals surface area contributed by atoms with Gasteiger partial charge in [-0.05, 0) is 24.8 Å². The van der Waals surface area contributed by atoms with Crippen molar-refractivity contribution in [1.29, 1.82) is 0 Å². The predicted molar refractivity (Wildman–Crippen MR) is 72.2 cm³/mol. The molecule has 0 bridgehead atoms. The Kier molecular flexibility index (Phi) is 5.79. The summed E-state index contributed by atoms with van der Waals surface area (Å²) in [5, 5.41) is 0. The monoisotopic (exact) mass is 239 g/mol. The molecule has 0 spiro atoms. The van der Waals surface area contributed by atoms with Gasteiger partial charge in [-0.15, -0.1) is 0 Å². The SMILES string of the molecule is COCCN1CCC(C2CCCCCCC2)C1. The van der Waals surface area contributed by atoms with Crippen LogP contribution < -0.4 is 0 Å². The third-order valence-electron chi connectivity index (χ3n) is 4.74. The maximum absolute atomic E-state index is 5.18. The molecule has 17 heavy (non-hydrogen) atoms. The Morgan fingerprint density at radius 3 is 2.35 bits per heavy atom. The first kappa shape index (κ1) is 13.4. The topological polar surface area (TPSA) is 12.5 Å². The van der Waals surface area contributed by atoms with Crippen molar-refractivity contribution in [2.24, 2.45) is 11.8 Å². The molecule has 1 unspecified atom stereocenters. The minimum Gasteiger partial charge on any atom is -0.383 e. The molecule has 0 N–H and O–H groups in total.